The Morgan fingerprint density at radius 3 is 2.59 bits per heavy atom. The SMILES string of the molecule is COc1ccc(-n2c(C)c(C)c(C#N)c2NC(=O)CSc2nnc(N(C(C)=O)C3CC3)s2)cc1. The van der Waals surface area contributed by atoms with E-state index < -0.39 is 0 Å². The molecule has 0 atom stereocenters. The number of ether oxygens (including phenoxy) is 1. The fourth-order valence-corrected chi connectivity index (χ4v) is 5.41. The fourth-order valence-electron chi connectivity index (χ4n) is 3.65. The number of nitriles is 1. The van der Waals surface area contributed by atoms with E-state index in [2.05, 4.69) is 21.6 Å². The zero-order valence-electron chi connectivity index (χ0n) is 19.3. The summed E-state index contributed by atoms with van der Waals surface area (Å²) in [5.74, 6) is 0.921. The molecule has 1 fully saturated rings. The molecule has 2 aromatic heterocycles. The predicted octanol–water partition coefficient (Wildman–Crippen LogP) is 4.07. The standard InChI is InChI=1S/C23H24N6O3S2/c1-13-14(2)28(16-7-9-18(32-4)10-8-16)21(19(13)11-24)25-20(31)12-33-23-27-26-22(34-23)29(15(3)30)17-5-6-17/h7-10,17H,5-6,12H2,1-4H3,(H,25,31). The van der Waals surface area contributed by atoms with Crippen LogP contribution in [0.4, 0.5) is 10.9 Å². The third-order valence-corrected chi connectivity index (χ3v) is 7.65. The number of aromatic nitrogens is 3. The van der Waals surface area contributed by atoms with Gasteiger partial charge in [0.2, 0.25) is 16.9 Å². The molecule has 3 aromatic rings. The van der Waals surface area contributed by atoms with E-state index in [0.29, 0.717) is 26.6 Å². The third-order valence-electron chi connectivity index (χ3n) is 5.59. The number of amides is 2. The van der Waals surface area contributed by atoms with Crippen LogP contribution in [0.15, 0.2) is 28.6 Å². The largest absolute Gasteiger partial charge is 0.497 e. The van der Waals surface area contributed by atoms with E-state index in [1.807, 2.05) is 42.7 Å². The molecule has 0 bridgehead atoms. The Kier molecular flexibility index (Phi) is 6.90. The van der Waals surface area contributed by atoms with Crippen LogP contribution in [-0.2, 0) is 9.59 Å². The van der Waals surface area contributed by atoms with Crippen molar-refractivity contribution in [3.05, 3.63) is 41.1 Å². The first kappa shape index (κ1) is 23.8. The number of hydrogen-bond donors (Lipinski definition) is 1. The first-order valence-corrected chi connectivity index (χ1v) is 12.5. The molecule has 1 aliphatic rings. The molecule has 34 heavy (non-hydrogen) atoms. The first-order chi connectivity index (χ1) is 16.3. The van der Waals surface area contributed by atoms with Crippen LogP contribution >= 0.6 is 23.1 Å². The normalized spacial score (nSPS) is 12.8. The van der Waals surface area contributed by atoms with E-state index in [1.54, 1.807) is 12.0 Å². The summed E-state index contributed by atoms with van der Waals surface area (Å²) >= 11 is 2.55. The number of nitrogens with zero attached hydrogens (tertiary/aromatic N) is 5. The van der Waals surface area contributed by atoms with E-state index in [0.717, 1.165) is 29.8 Å². The molecule has 0 aliphatic heterocycles. The van der Waals surface area contributed by atoms with E-state index >= 15 is 0 Å². The minimum Gasteiger partial charge on any atom is -0.497 e. The van der Waals surface area contributed by atoms with Crippen molar-refractivity contribution in [1.29, 1.82) is 5.26 Å². The quantitative estimate of drug-likeness (QED) is 0.369. The number of rotatable bonds is 8. The molecular weight excluding hydrogens is 472 g/mol. The number of carbonyl (C=O) groups is 2. The highest BCUT2D eigenvalue weighted by Crippen LogP contribution is 2.36. The zero-order chi connectivity index (χ0) is 24.4. The molecule has 176 valence electrons. The van der Waals surface area contributed by atoms with Gasteiger partial charge in [-0.3, -0.25) is 19.1 Å². The average molecular weight is 497 g/mol. The van der Waals surface area contributed by atoms with Gasteiger partial charge in [0.25, 0.3) is 0 Å². The molecule has 11 heteroatoms. The van der Waals surface area contributed by atoms with E-state index in [-0.39, 0.29) is 23.6 Å². The van der Waals surface area contributed by atoms with Crippen molar-refractivity contribution in [3.8, 4) is 17.5 Å². The maximum Gasteiger partial charge on any atom is 0.235 e. The zero-order valence-corrected chi connectivity index (χ0v) is 20.9. The molecule has 1 aromatic carbocycles. The Morgan fingerprint density at radius 1 is 1.29 bits per heavy atom. The van der Waals surface area contributed by atoms with Gasteiger partial charge in [0.1, 0.15) is 17.6 Å². The highest BCUT2D eigenvalue weighted by atomic mass is 32.2. The summed E-state index contributed by atoms with van der Waals surface area (Å²) < 4.78 is 7.70. The molecule has 0 spiro atoms. The van der Waals surface area contributed by atoms with Gasteiger partial charge in [0.05, 0.1) is 18.4 Å². The number of benzene rings is 1. The van der Waals surface area contributed by atoms with Crippen LogP contribution in [0, 0.1) is 25.2 Å². The van der Waals surface area contributed by atoms with Crippen molar-refractivity contribution in [1.82, 2.24) is 14.8 Å². The van der Waals surface area contributed by atoms with Crippen molar-refractivity contribution >= 4 is 45.9 Å². The van der Waals surface area contributed by atoms with Crippen LogP contribution in [0.2, 0.25) is 0 Å². The van der Waals surface area contributed by atoms with Gasteiger partial charge in [-0.25, -0.2) is 0 Å². The lowest BCUT2D eigenvalue weighted by molar-refractivity contribution is -0.116. The molecule has 1 aliphatic carbocycles. The molecule has 1 N–H and O–H groups in total. The van der Waals surface area contributed by atoms with Gasteiger partial charge in [-0.15, -0.1) is 10.2 Å². The molecular formula is C23H24N6O3S2. The lowest BCUT2D eigenvalue weighted by atomic mass is 10.2. The lowest BCUT2D eigenvalue weighted by Crippen LogP contribution is -2.30. The van der Waals surface area contributed by atoms with Crippen LogP contribution in [0.3, 0.4) is 0 Å². The summed E-state index contributed by atoms with van der Waals surface area (Å²) in [6, 6.07) is 9.83. The second-order valence-corrected chi connectivity index (χ2v) is 10.1. The Hall–Kier alpha value is -3.36. The molecule has 2 amide bonds. The topological polar surface area (TPSA) is 113 Å². The van der Waals surface area contributed by atoms with Gasteiger partial charge in [-0.05, 0) is 56.5 Å². The monoisotopic (exact) mass is 496 g/mol. The Labute approximate surface area is 205 Å². The van der Waals surface area contributed by atoms with Crippen LogP contribution in [0.1, 0.15) is 36.6 Å². The molecule has 1 saturated carbocycles. The molecule has 0 radical (unpaired) electrons. The van der Waals surface area contributed by atoms with Gasteiger partial charge in [0.15, 0.2) is 4.34 Å². The minimum absolute atomic E-state index is 0.0537. The fraction of sp³-hybridized carbons (Fsp3) is 0.348. The third kappa shape index (κ3) is 4.78. The van der Waals surface area contributed by atoms with Gasteiger partial charge in [0, 0.05) is 24.3 Å². The van der Waals surface area contributed by atoms with Crippen LogP contribution in [0.25, 0.3) is 5.69 Å². The highest BCUT2D eigenvalue weighted by molar-refractivity contribution is 8.01. The van der Waals surface area contributed by atoms with Gasteiger partial charge >= 0.3 is 0 Å². The van der Waals surface area contributed by atoms with Crippen molar-refractivity contribution < 1.29 is 14.3 Å². The smallest absolute Gasteiger partial charge is 0.235 e. The summed E-state index contributed by atoms with van der Waals surface area (Å²) in [6.45, 7) is 5.30. The maximum atomic E-state index is 12.8. The molecule has 4 rings (SSSR count). The summed E-state index contributed by atoms with van der Waals surface area (Å²) in [5.41, 5.74) is 2.90. The van der Waals surface area contributed by atoms with Crippen molar-refractivity contribution in [2.24, 2.45) is 0 Å². The maximum absolute atomic E-state index is 12.8. The Balaban J connectivity index is 1.50. The van der Waals surface area contributed by atoms with E-state index in [9.17, 15) is 14.9 Å². The predicted molar refractivity (Wildman–Crippen MR) is 132 cm³/mol. The molecule has 9 nitrogen and oxygen atoms in total. The first-order valence-electron chi connectivity index (χ1n) is 10.7. The van der Waals surface area contributed by atoms with Gasteiger partial charge in [-0.2, -0.15) is 5.26 Å². The van der Waals surface area contributed by atoms with Crippen molar-refractivity contribution in [2.45, 2.75) is 44.0 Å². The second-order valence-electron chi connectivity index (χ2n) is 7.89. The van der Waals surface area contributed by atoms with Gasteiger partial charge < -0.3 is 10.1 Å². The molecule has 0 unspecified atom stereocenters. The Morgan fingerprint density at radius 2 is 2.00 bits per heavy atom. The van der Waals surface area contributed by atoms with Crippen LogP contribution in [-0.4, -0.2) is 45.5 Å². The summed E-state index contributed by atoms with van der Waals surface area (Å²) in [7, 11) is 1.60. The highest BCUT2D eigenvalue weighted by Gasteiger charge is 2.34. The number of hydrogen-bond acceptors (Lipinski definition) is 8. The average Bonchev–Trinajstić information content (AvgIpc) is 3.49. The molecule has 0 saturated heterocycles. The number of thioether (sulfide) groups is 1. The van der Waals surface area contributed by atoms with Crippen LogP contribution in [0.5, 0.6) is 5.75 Å². The number of methoxy groups -OCH3 is 1. The number of carbonyl (C=O) groups excluding carboxylic acids is 2. The number of anilines is 2. The second kappa shape index (κ2) is 9.87. The summed E-state index contributed by atoms with van der Waals surface area (Å²) in [5, 5.41) is 21.5. The minimum atomic E-state index is -0.267. The molecule has 2 heterocycles. The Bertz CT molecular complexity index is 1270. The number of nitrogens with one attached hydrogen (secondary N) is 1. The summed E-state index contributed by atoms with van der Waals surface area (Å²) in [4.78, 5) is 26.5. The van der Waals surface area contributed by atoms with E-state index in [1.165, 1.54) is 30.0 Å². The van der Waals surface area contributed by atoms with Crippen molar-refractivity contribution in [2.75, 3.05) is 23.1 Å². The summed E-state index contributed by atoms with van der Waals surface area (Å²) in [6.07, 6.45) is 1.94. The lowest BCUT2D eigenvalue weighted by Gasteiger charge is -2.15. The van der Waals surface area contributed by atoms with Crippen molar-refractivity contribution in [3.63, 3.8) is 0 Å². The van der Waals surface area contributed by atoms with Crippen LogP contribution < -0.4 is 15.0 Å². The van der Waals surface area contributed by atoms with Gasteiger partial charge in [-0.1, -0.05) is 23.1 Å². The van der Waals surface area contributed by atoms with E-state index in [4.69, 9.17) is 4.74 Å².